The Bertz CT molecular complexity index is 1040. The zero-order chi connectivity index (χ0) is 18.8. The van der Waals surface area contributed by atoms with E-state index in [9.17, 15) is 19.5 Å². The van der Waals surface area contributed by atoms with Crippen LogP contribution >= 0.6 is 22.6 Å². The van der Waals surface area contributed by atoms with Crippen LogP contribution in [0.25, 0.3) is 11.0 Å². The van der Waals surface area contributed by atoms with Gasteiger partial charge in [-0.25, -0.2) is 14.4 Å². The molecule has 0 fully saturated rings. The largest absolute Gasteiger partial charge is 0.464 e. The van der Waals surface area contributed by atoms with Crippen molar-refractivity contribution < 1.29 is 19.4 Å². The maximum absolute atomic E-state index is 12.9. The summed E-state index contributed by atoms with van der Waals surface area (Å²) >= 11 is 2.07. The van der Waals surface area contributed by atoms with E-state index < -0.39 is 23.8 Å². The molecule has 0 aliphatic heterocycles. The van der Waals surface area contributed by atoms with Crippen molar-refractivity contribution in [2.45, 2.75) is 13.0 Å². The van der Waals surface area contributed by atoms with Gasteiger partial charge in [-0.3, -0.25) is 4.57 Å². The van der Waals surface area contributed by atoms with Crippen LogP contribution in [-0.2, 0) is 9.53 Å². The van der Waals surface area contributed by atoms with Crippen molar-refractivity contribution >= 4 is 45.7 Å². The summed E-state index contributed by atoms with van der Waals surface area (Å²) in [7, 11) is 0. The van der Waals surface area contributed by atoms with Crippen LogP contribution in [0.1, 0.15) is 18.5 Å². The van der Waals surface area contributed by atoms with Crippen LogP contribution in [0.2, 0.25) is 0 Å². The smallest absolute Gasteiger partial charge is 0.420 e. The third kappa shape index (κ3) is 3.12. The van der Waals surface area contributed by atoms with Gasteiger partial charge in [0.2, 0.25) is 0 Å². The first-order valence-corrected chi connectivity index (χ1v) is 8.91. The fourth-order valence-electron chi connectivity index (χ4n) is 2.87. The highest BCUT2D eigenvalue weighted by atomic mass is 127. The lowest BCUT2D eigenvalue weighted by Gasteiger charge is -2.17. The summed E-state index contributed by atoms with van der Waals surface area (Å²) in [6.45, 7) is 1.82. The van der Waals surface area contributed by atoms with Gasteiger partial charge in [0.15, 0.2) is 6.04 Å². The summed E-state index contributed by atoms with van der Waals surface area (Å²) < 4.78 is 7.79. The number of carbonyl (C=O) groups is 2. The number of carbonyl (C=O) groups excluding carboxylic acids is 1. The van der Waals surface area contributed by atoms with Crippen LogP contribution in [0.15, 0.2) is 53.3 Å². The Kier molecular flexibility index (Phi) is 5.12. The molecule has 0 spiro atoms. The SMILES string of the molecule is CCOC(=O)C(c1ccccc1)n1c(=O)n(C(=O)O)c2ccc(I)cc21. The summed E-state index contributed by atoms with van der Waals surface area (Å²) in [5, 5.41) is 9.47. The summed E-state index contributed by atoms with van der Waals surface area (Å²) in [5.74, 6) is -0.621. The van der Waals surface area contributed by atoms with Gasteiger partial charge in [0.05, 0.1) is 17.6 Å². The van der Waals surface area contributed by atoms with Gasteiger partial charge in [-0.2, -0.15) is 4.57 Å². The first-order chi connectivity index (χ1) is 12.5. The highest BCUT2D eigenvalue weighted by Crippen LogP contribution is 2.25. The number of imidazole rings is 1. The van der Waals surface area contributed by atoms with Crippen molar-refractivity contribution in [3.05, 3.63) is 68.1 Å². The van der Waals surface area contributed by atoms with E-state index in [0.717, 1.165) is 3.57 Å². The number of rotatable bonds is 4. The molecule has 0 saturated heterocycles. The highest BCUT2D eigenvalue weighted by Gasteiger charge is 2.30. The molecule has 0 amide bonds. The molecule has 1 heterocycles. The van der Waals surface area contributed by atoms with Crippen molar-refractivity contribution in [1.29, 1.82) is 0 Å². The van der Waals surface area contributed by atoms with Gasteiger partial charge in [-0.05, 0) is 53.3 Å². The minimum Gasteiger partial charge on any atom is -0.464 e. The second kappa shape index (κ2) is 7.32. The molecule has 1 unspecified atom stereocenters. The average Bonchev–Trinajstić information content (AvgIpc) is 2.88. The van der Waals surface area contributed by atoms with E-state index in [1.54, 1.807) is 55.5 Å². The molecule has 26 heavy (non-hydrogen) atoms. The van der Waals surface area contributed by atoms with E-state index in [1.807, 2.05) is 0 Å². The predicted octanol–water partition coefficient (Wildman–Crippen LogP) is 3.09. The molecule has 0 aliphatic carbocycles. The number of hydrogen-bond donors (Lipinski definition) is 1. The molecule has 3 rings (SSSR count). The number of carboxylic acid groups (broad SMARTS) is 1. The lowest BCUT2D eigenvalue weighted by atomic mass is 10.1. The van der Waals surface area contributed by atoms with E-state index >= 15 is 0 Å². The number of benzene rings is 2. The second-order valence-corrected chi connectivity index (χ2v) is 6.71. The Morgan fingerprint density at radius 2 is 1.85 bits per heavy atom. The van der Waals surface area contributed by atoms with Crippen molar-refractivity contribution in [3.8, 4) is 0 Å². The third-order valence-corrected chi connectivity index (χ3v) is 4.58. The third-order valence-electron chi connectivity index (χ3n) is 3.91. The molecule has 8 heteroatoms. The van der Waals surface area contributed by atoms with Gasteiger partial charge in [0, 0.05) is 3.57 Å². The Morgan fingerprint density at radius 1 is 1.15 bits per heavy atom. The maximum atomic E-state index is 12.9. The molecule has 0 aliphatic rings. The molecule has 1 aromatic heterocycles. The van der Waals surface area contributed by atoms with Gasteiger partial charge in [-0.15, -0.1) is 0 Å². The Morgan fingerprint density at radius 3 is 2.46 bits per heavy atom. The predicted molar refractivity (Wildman–Crippen MR) is 104 cm³/mol. The van der Waals surface area contributed by atoms with Gasteiger partial charge >= 0.3 is 17.8 Å². The first kappa shape index (κ1) is 18.2. The number of ether oxygens (including phenoxy) is 1. The molecule has 7 nitrogen and oxygen atoms in total. The maximum Gasteiger partial charge on any atom is 0.420 e. The number of nitrogens with zero attached hydrogens (tertiary/aromatic N) is 2. The van der Waals surface area contributed by atoms with Crippen LogP contribution in [0, 0.1) is 3.57 Å². The molecule has 0 saturated carbocycles. The first-order valence-electron chi connectivity index (χ1n) is 7.83. The van der Waals surface area contributed by atoms with Crippen molar-refractivity contribution in [2.75, 3.05) is 6.61 Å². The number of fused-ring (bicyclic) bond motifs is 1. The minimum atomic E-state index is -1.41. The monoisotopic (exact) mass is 466 g/mol. The van der Waals surface area contributed by atoms with Gasteiger partial charge < -0.3 is 9.84 Å². The quantitative estimate of drug-likeness (QED) is 0.472. The van der Waals surface area contributed by atoms with E-state index in [0.29, 0.717) is 15.6 Å². The number of esters is 1. The van der Waals surface area contributed by atoms with Crippen LogP contribution in [0.3, 0.4) is 0 Å². The van der Waals surface area contributed by atoms with Crippen LogP contribution in [0.5, 0.6) is 0 Å². The van der Waals surface area contributed by atoms with Crippen LogP contribution < -0.4 is 5.69 Å². The Balaban J connectivity index is 2.37. The molecule has 3 aromatic rings. The normalized spacial score (nSPS) is 12.1. The van der Waals surface area contributed by atoms with E-state index in [1.165, 1.54) is 4.57 Å². The van der Waals surface area contributed by atoms with E-state index in [4.69, 9.17) is 4.74 Å². The van der Waals surface area contributed by atoms with Gasteiger partial charge in [0.1, 0.15) is 0 Å². The Hall–Kier alpha value is -2.62. The lowest BCUT2D eigenvalue weighted by molar-refractivity contribution is -0.145. The fourth-order valence-corrected chi connectivity index (χ4v) is 3.35. The number of hydrogen-bond acceptors (Lipinski definition) is 4. The molecule has 2 aromatic carbocycles. The Labute approximate surface area is 161 Å². The van der Waals surface area contributed by atoms with Crippen LogP contribution in [-0.4, -0.2) is 32.9 Å². The molecule has 1 atom stereocenters. The van der Waals surface area contributed by atoms with Crippen molar-refractivity contribution in [3.63, 3.8) is 0 Å². The lowest BCUT2D eigenvalue weighted by Crippen LogP contribution is -2.34. The topological polar surface area (TPSA) is 90.5 Å². The van der Waals surface area contributed by atoms with E-state index in [-0.39, 0.29) is 12.1 Å². The average molecular weight is 466 g/mol. The van der Waals surface area contributed by atoms with Gasteiger partial charge in [0.25, 0.3) is 0 Å². The zero-order valence-electron chi connectivity index (χ0n) is 13.8. The summed E-state index contributed by atoms with van der Waals surface area (Å²) in [6, 6.07) is 12.5. The molecule has 134 valence electrons. The minimum absolute atomic E-state index is 0.145. The van der Waals surface area contributed by atoms with E-state index in [2.05, 4.69) is 22.6 Å². The molecule has 0 radical (unpaired) electrons. The highest BCUT2D eigenvalue weighted by molar-refractivity contribution is 14.1. The summed E-state index contributed by atoms with van der Waals surface area (Å²) in [6.07, 6.45) is -1.41. The van der Waals surface area contributed by atoms with Gasteiger partial charge in [-0.1, -0.05) is 30.3 Å². The fraction of sp³-hybridized carbons (Fsp3) is 0.167. The molecular formula is C18H15IN2O5. The standard InChI is InChI=1S/C18H15IN2O5/c1-2-26-16(22)15(11-6-4-3-5-7-11)20-14-10-12(19)8-9-13(14)21(17(20)23)18(24)25/h3-10,15H,2H2,1H3,(H,24,25). The second-order valence-electron chi connectivity index (χ2n) is 5.47. The summed E-state index contributed by atoms with van der Waals surface area (Å²) in [4.78, 5) is 37.2. The number of halogens is 1. The zero-order valence-corrected chi connectivity index (χ0v) is 15.9. The molecule has 1 N–H and O–H groups in total. The van der Waals surface area contributed by atoms with Crippen molar-refractivity contribution in [2.24, 2.45) is 0 Å². The van der Waals surface area contributed by atoms with Crippen molar-refractivity contribution in [1.82, 2.24) is 9.13 Å². The number of aromatic nitrogens is 2. The molecule has 0 bridgehead atoms. The summed E-state index contributed by atoms with van der Waals surface area (Å²) in [5.41, 5.74) is 0.298. The molecular weight excluding hydrogens is 451 g/mol. The van der Waals surface area contributed by atoms with Crippen LogP contribution in [0.4, 0.5) is 4.79 Å².